The predicted molar refractivity (Wildman–Crippen MR) is 154 cm³/mol. The lowest BCUT2D eigenvalue weighted by atomic mass is 9.62. The van der Waals surface area contributed by atoms with Gasteiger partial charge in [-0.15, -0.1) is 10.2 Å². The molecule has 0 unspecified atom stereocenters. The minimum atomic E-state index is -4.57. The van der Waals surface area contributed by atoms with Crippen LogP contribution in [0.15, 0.2) is 30.6 Å². The Bertz CT molecular complexity index is 1490. The molecule has 42 heavy (non-hydrogen) atoms. The second-order valence-corrected chi connectivity index (χ2v) is 12.8. The van der Waals surface area contributed by atoms with E-state index in [2.05, 4.69) is 35.4 Å². The topological polar surface area (TPSA) is 75.9 Å². The molecule has 2 fully saturated rings. The zero-order valence-electron chi connectivity index (χ0n) is 24.7. The fourth-order valence-corrected chi connectivity index (χ4v) is 6.65. The van der Waals surface area contributed by atoms with E-state index in [0.717, 1.165) is 74.9 Å². The van der Waals surface area contributed by atoms with Crippen molar-refractivity contribution in [2.24, 2.45) is 7.05 Å². The number of aromatic nitrogens is 4. The Labute approximate surface area is 244 Å². The molecule has 10 heteroatoms. The van der Waals surface area contributed by atoms with Crippen LogP contribution in [0.3, 0.4) is 0 Å². The molecule has 2 aliphatic carbocycles. The second-order valence-electron chi connectivity index (χ2n) is 12.8. The molecule has 3 heterocycles. The standard InChI is InChI=1S/C32H39F3N6O/c1-4-5-8-23-15-22(31(11-7-12-31)17-28-39-37-20-40(28)3)16-27(38-23)41-19-25-24(29(41)42)13-21(14-26(25)32(33,34)35)18-36-30(2)9-6-10-30/h13-16,20,36H,4-12,17-19H2,1-3H3. The number of alkyl halides is 3. The van der Waals surface area contributed by atoms with Gasteiger partial charge in [0, 0.05) is 42.2 Å². The summed E-state index contributed by atoms with van der Waals surface area (Å²) < 4.78 is 45.0. The van der Waals surface area contributed by atoms with Crippen LogP contribution in [0.4, 0.5) is 19.0 Å². The number of halogens is 3. The van der Waals surface area contributed by atoms with Crippen LogP contribution in [0, 0.1) is 0 Å². The van der Waals surface area contributed by atoms with Crippen molar-refractivity contribution in [2.45, 2.75) is 108 Å². The molecule has 7 nitrogen and oxygen atoms in total. The first-order valence-corrected chi connectivity index (χ1v) is 15.1. The van der Waals surface area contributed by atoms with Gasteiger partial charge in [-0.3, -0.25) is 9.69 Å². The summed E-state index contributed by atoms with van der Waals surface area (Å²) >= 11 is 0. The van der Waals surface area contributed by atoms with Crippen LogP contribution in [-0.2, 0) is 44.6 Å². The molecule has 1 aliphatic heterocycles. The minimum absolute atomic E-state index is 0.0332. The summed E-state index contributed by atoms with van der Waals surface area (Å²) in [4.78, 5) is 20.1. The molecule has 0 saturated heterocycles. The fraction of sp³-hybridized carbons (Fsp3) is 0.562. The first-order valence-electron chi connectivity index (χ1n) is 15.1. The molecule has 2 saturated carbocycles. The Morgan fingerprint density at radius 2 is 1.83 bits per heavy atom. The Balaban J connectivity index is 1.36. The van der Waals surface area contributed by atoms with E-state index >= 15 is 0 Å². The van der Waals surface area contributed by atoms with Crippen molar-refractivity contribution in [3.8, 4) is 0 Å². The molecule has 1 N–H and O–H groups in total. The molecule has 2 aromatic heterocycles. The lowest BCUT2D eigenvalue weighted by Crippen LogP contribution is -2.47. The largest absolute Gasteiger partial charge is 0.416 e. The molecule has 3 aromatic rings. The van der Waals surface area contributed by atoms with Gasteiger partial charge in [-0.1, -0.05) is 19.8 Å². The Morgan fingerprint density at radius 3 is 2.43 bits per heavy atom. The van der Waals surface area contributed by atoms with Crippen LogP contribution < -0.4 is 10.2 Å². The zero-order valence-corrected chi connectivity index (χ0v) is 24.7. The molecular weight excluding hydrogens is 541 g/mol. The van der Waals surface area contributed by atoms with Gasteiger partial charge in [-0.25, -0.2) is 4.98 Å². The summed E-state index contributed by atoms with van der Waals surface area (Å²) in [6, 6.07) is 6.92. The lowest BCUT2D eigenvalue weighted by Gasteiger charge is -2.42. The van der Waals surface area contributed by atoms with Gasteiger partial charge in [0.25, 0.3) is 5.91 Å². The molecule has 0 spiro atoms. The smallest absolute Gasteiger partial charge is 0.321 e. The highest BCUT2D eigenvalue weighted by Crippen LogP contribution is 2.47. The number of aryl methyl sites for hydroxylation is 2. The number of rotatable bonds is 10. The number of anilines is 1. The van der Waals surface area contributed by atoms with Crippen LogP contribution >= 0.6 is 0 Å². The Kier molecular flexibility index (Phi) is 7.40. The van der Waals surface area contributed by atoms with Crippen LogP contribution in [0.25, 0.3) is 0 Å². The third kappa shape index (κ3) is 5.34. The van der Waals surface area contributed by atoms with Crippen molar-refractivity contribution in [3.63, 3.8) is 0 Å². The van der Waals surface area contributed by atoms with Crippen LogP contribution in [0.1, 0.15) is 109 Å². The van der Waals surface area contributed by atoms with Crippen LogP contribution in [0.5, 0.6) is 0 Å². The quantitative estimate of drug-likeness (QED) is 0.299. The molecule has 0 bridgehead atoms. The number of benzene rings is 1. The molecule has 0 atom stereocenters. The number of amides is 1. The van der Waals surface area contributed by atoms with E-state index in [4.69, 9.17) is 4.98 Å². The number of carbonyl (C=O) groups excluding carboxylic acids is 1. The molecule has 0 radical (unpaired) electrons. The van der Waals surface area contributed by atoms with Crippen molar-refractivity contribution >= 4 is 11.7 Å². The maximum atomic E-state index is 14.3. The number of hydrogen-bond donors (Lipinski definition) is 1. The van der Waals surface area contributed by atoms with Crippen molar-refractivity contribution in [1.29, 1.82) is 0 Å². The number of nitrogens with zero attached hydrogens (tertiary/aromatic N) is 5. The first kappa shape index (κ1) is 28.8. The van der Waals surface area contributed by atoms with Crippen LogP contribution in [0.2, 0.25) is 0 Å². The molecule has 6 rings (SSSR count). The summed E-state index contributed by atoms with van der Waals surface area (Å²) in [6.07, 6.45) is 6.64. The molecule has 3 aliphatic rings. The number of fused-ring (bicyclic) bond motifs is 1. The van der Waals surface area contributed by atoms with Crippen molar-refractivity contribution < 1.29 is 18.0 Å². The summed E-state index contributed by atoms with van der Waals surface area (Å²) in [5.41, 5.74) is 1.63. The summed E-state index contributed by atoms with van der Waals surface area (Å²) in [6.45, 7) is 4.35. The fourth-order valence-electron chi connectivity index (χ4n) is 6.65. The van der Waals surface area contributed by atoms with Crippen molar-refractivity contribution in [3.05, 3.63) is 69.9 Å². The average molecular weight is 581 g/mol. The monoisotopic (exact) mass is 580 g/mol. The number of pyridine rings is 1. The summed E-state index contributed by atoms with van der Waals surface area (Å²) in [5.74, 6) is 0.896. The highest BCUT2D eigenvalue weighted by Gasteiger charge is 2.43. The maximum absolute atomic E-state index is 14.3. The number of unbranched alkanes of at least 4 members (excludes halogenated alkanes) is 1. The van der Waals surface area contributed by atoms with Gasteiger partial charge in [0.05, 0.1) is 12.1 Å². The van der Waals surface area contributed by atoms with E-state index in [0.29, 0.717) is 24.3 Å². The third-order valence-corrected chi connectivity index (χ3v) is 9.74. The van der Waals surface area contributed by atoms with Gasteiger partial charge in [-0.05, 0) is 92.8 Å². The van der Waals surface area contributed by atoms with Crippen LogP contribution in [-0.4, -0.2) is 31.2 Å². The minimum Gasteiger partial charge on any atom is -0.321 e. The molecule has 1 aromatic carbocycles. The lowest BCUT2D eigenvalue weighted by molar-refractivity contribution is -0.138. The third-order valence-electron chi connectivity index (χ3n) is 9.74. The van der Waals surface area contributed by atoms with E-state index in [9.17, 15) is 18.0 Å². The van der Waals surface area contributed by atoms with Crippen molar-refractivity contribution in [2.75, 3.05) is 4.90 Å². The van der Waals surface area contributed by atoms with Crippen molar-refractivity contribution in [1.82, 2.24) is 25.1 Å². The Morgan fingerprint density at radius 1 is 1.07 bits per heavy atom. The average Bonchev–Trinajstić information content (AvgIpc) is 3.48. The second kappa shape index (κ2) is 10.8. The molecular formula is C32H39F3N6O. The summed E-state index contributed by atoms with van der Waals surface area (Å²) in [7, 11) is 1.93. The highest BCUT2D eigenvalue weighted by molar-refractivity contribution is 6.10. The van der Waals surface area contributed by atoms with Gasteiger partial charge in [0.1, 0.15) is 18.0 Å². The number of nitrogens with one attached hydrogen (secondary N) is 1. The summed E-state index contributed by atoms with van der Waals surface area (Å²) in [5, 5.41) is 11.8. The predicted octanol–water partition coefficient (Wildman–Crippen LogP) is 6.43. The zero-order chi connectivity index (χ0) is 29.7. The normalized spacial score (nSPS) is 19.0. The van der Waals surface area contributed by atoms with E-state index in [1.54, 1.807) is 12.4 Å². The molecule has 224 valence electrons. The van der Waals surface area contributed by atoms with Gasteiger partial charge in [-0.2, -0.15) is 13.2 Å². The number of carbonyl (C=O) groups is 1. The van der Waals surface area contributed by atoms with Gasteiger partial charge in [0.15, 0.2) is 0 Å². The first-order chi connectivity index (χ1) is 20.0. The van der Waals surface area contributed by atoms with Gasteiger partial charge >= 0.3 is 6.18 Å². The highest BCUT2D eigenvalue weighted by atomic mass is 19.4. The molecule has 1 amide bonds. The van der Waals surface area contributed by atoms with Gasteiger partial charge in [0.2, 0.25) is 0 Å². The Hall–Kier alpha value is -3.27. The van der Waals surface area contributed by atoms with E-state index in [1.165, 1.54) is 11.0 Å². The van der Waals surface area contributed by atoms with E-state index in [-0.39, 0.29) is 28.6 Å². The SMILES string of the molecule is CCCCc1cc(C2(Cc3nncn3C)CCC2)cc(N2Cc3c(cc(CNC4(C)CCC4)cc3C(F)(F)F)C2=O)n1. The van der Waals surface area contributed by atoms with E-state index in [1.807, 2.05) is 17.7 Å². The van der Waals surface area contributed by atoms with E-state index < -0.39 is 17.6 Å². The maximum Gasteiger partial charge on any atom is 0.416 e. The van der Waals surface area contributed by atoms with Gasteiger partial charge < -0.3 is 9.88 Å². The number of hydrogen-bond acceptors (Lipinski definition) is 5.